The molecule has 2 heterocycles. The van der Waals surface area contributed by atoms with E-state index in [2.05, 4.69) is 89.7 Å². The Morgan fingerprint density at radius 2 is 1.54 bits per heavy atom. The maximum Gasteiger partial charge on any atom is 0.0389 e. The Bertz CT molecular complexity index is 690. The molecule has 0 bridgehead atoms. The lowest BCUT2D eigenvalue weighted by Crippen LogP contribution is -2.29. The minimum absolute atomic E-state index is 0. The third-order valence-corrected chi connectivity index (χ3v) is 5.58. The van der Waals surface area contributed by atoms with Gasteiger partial charge < -0.3 is 0 Å². The van der Waals surface area contributed by atoms with Crippen molar-refractivity contribution in [3.63, 3.8) is 0 Å². The topological polar surface area (TPSA) is 6.48 Å². The first-order chi connectivity index (χ1) is 11.8. The van der Waals surface area contributed by atoms with Crippen LogP contribution in [-0.2, 0) is 0 Å². The Morgan fingerprint density at radius 3 is 2.23 bits per heavy atom. The fourth-order valence-electron chi connectivity index (χ4n) is 4.55. The minimum Gasteiger partial charge on any atom is -0.299 e. The Morgan fingerprint density at radius 1 is 0.885 bits per heavy atom. The van der Waals surface area contributed by atoms with Gasteiger partial charge in [-0.25, -0.2) is 0 Å². The standard InChI is InChI=1S/C22H26N2.2ClH/c1-23-15-20-16-24(14-8-11-18-9-4-2-5-10-18)17-21(20)22(23)19-12-6-3-7-13-19;;/h2-13,20-22H,14-17H2,1H3;2*1H/b11-8+;;/t20-,21+,22-;;/m0../s1. The number of hydrogen-bond acceptors (Lipinski definition) is 2. The summed E-state index contributed by atoms with van der Waals surface area (Å²) in [4.78, 5) is 5.18. The van der Waals surface area contributed by atoms with Crippen molar-refractivity contribution >= 4 is 30.9 Å². The molecule has 140 valence electrons. The van der Waals surface area contributed by atoms with Gasteiger partial charge in [0.2, 0.25) is 0 Å². The summed E-state index contributed by atoms with van der Waals surface area (Å²) in [6, 6.07) is 22.2. The highest BCUT2D eigenvalue weighted by atomic mass is 35.5. The lowest BCUT2D eigenvalue weighted by atomic mass is 9.90. The van der Waals surface area contributed by atoms with E-state index in [1.807, 2.05) is 0 Å². The van der Waals surface area contributed by atoms with E-state index in [1.54, 1.807) is 0 Å². The first kappa shape index (κ1) is 21.0. The van der Waals surface area contributed by atoms with Gasteiger partial charge in [-0.3, -0.25) is 9.80 Å². The quantitative estimate of drug-likeness (QED) is 0.740. The average Bonchev–Trinajstić information content (AvgIpc) is 3.12. The molecule has 0 N–H and O–H groups in total. The number of halogens is 2. The SMILES string of the molecule is CN1C[C@H]2CN(C/C=C/c3ccccc3)C[C@H]2[C@@H]1c1ccccc1.Cl.Cl. The molecule has 0 unspecified atom stereocenters. The van der Waals surface area contributed by atoms with Crippen molar-refractivity contribution in [2.45, 2.75) is 6.04 Å². The van der Waals surface area contributed by atoms with Crippen LogP contribution < -0.4 is 0 Å². The second-order valence-corrected chi connectivity index (χ2v) is 7.25. The average molecular weight is 391 g/mol. The zero-order valence-electron chi connectivity index (χ0n) is 15.2. The molecule has 0 aliphatic carbocycles. The number of likely N-dealkylation sites (tertiary alicyclic amines) is 2. The van der Waals surface area contributed by atoms with Crippen molar-refractivity contribution in [2.75, 3.05) is 33.2 Å². The second-order valence-electron chi connectivity index (χ2n) is 7.25. The molecule has 4 heteroatoms. The van der Waals surface area contributed by atoms with Gasteiger partial charge in [0.05, 0.1) is 0 Å². The largest absolute Gasteiger partial charge is 0.299 e. The molecule has 0 spiro atoms. The maximum absolute atomic E-state index is 2.62. The molecular weight excluding hydrogens is 363 g/mol. The molecule has 2 aromatic carbocycles. The highest BCUT2D eigenvalue weighted by Crippen LogP contribution is 2.43. The van der Waals surface area contributed by atoms with Gasteiger partial charge in [-0.15, -0.1) is 24.8 Å². The number of nitrogens with zero attached hydrogens (tertiary/aromatic N) is 2. The zero-order chi connectivity index (χ0) is 16.4. The summed E-state index contributed by atoms with van der Waals surface area (Å²) in [6.07, 6.45) is 4.56. The monoisotopic (exact) mass is 390 g/mol. The fourth-order valence-corrected chi connectivity index (χ4v) is 4.55. The molecule has 0 aromatic heterocycles. The summed E-state index contributed by atoms with van der Waals surface area (Å²) in [5.74, 6) is 1.58. The van der Waals surface area contributed by atoms with E-state index >= 15 is 0 Å². The molecule has 2 fully saturated rings. The molecule has 2 nitrogen and oxygen atoms in total. The van der Waals surface area contributed by atoms with E-state index in [1.165, 1.54) is 30.8 Å². The Hall–Kier alpha value is -1.32. The Kier molecular flexibility index (Phi) is 7.72. The first-order valence-corrected chi connectivity index (χ1v) is 9.00. The molecule has 2 aromatic rings. The molecule has 0 saturated carbocycles. The maximum atomic E-state index is 2.62. The molecule has 2 aliphatic heterocycles. The molecular formula is C22H28Cl2N2. The van der Waals surface area contributed by atoms with E-state index < -0.39 is 0 Å². The highest BCUT2D eigenvalue weighted by Gasteiger charge is 2.45. The second kappa shape index (κ2) is 9.57. The molecule has 3 atom stereocenters. The third kappa shape index (κ3) is 4.50. The smallest absolute Gasteiger partial charge is 0.0389 e. The first-order valence-electron chi connectivity index (χ1n) is 9.00. The number of benzene rings is 2. The number of hydrogen-bond donors (Lipinski definition) is 0. The molecule has 2 saturated heterocycles. The Balaban J connectivity index is 0.00000121. The molecule has 4 rings (SSSR count). The predicted octanol–water partition coefficient (Wildman–Crippen LogP) is 4.78. The van der Waals surface area contributed by atoms with Crippen molar-refractivity contribution in [2.24, 2.45) is 11.8 Å². The van der Waals surface area contributed by atoms with Crippen LogP contribution in [0, 0.1) is 11.8 Å². The van der Waals surface area contributed by atoms with E-state index in [-0.39, 0.29) is 24.8 Å². The van der Waals surface area contributed by atoms with E-state index in [9.17, 15) is 0 Å². The summed E-state index contributed by atoms with van der Waals surface area (Å²) in [6.45, 7) is 4.74. The lowest BCUT2D eigenvalue weighted by Gasteiger charge is -2.26. The normalized spacial score (nSPS) is 25.7. The highest BCUT2D eigenvalue weighted by molar-refractivity contribution is 5.85. The van der Waals surface area contributed by atoms with E-state index in [0.717, 1.165) is 18.4 Å². The van der Waals surface area contributed by atoms with Gasteiger partial charge in [0, 0.05) is 32.2 Å². The van der Waals surface area contributed by atoms with Gasteiger partial charge in [0.15, 0.2) is 0 Å². The van der Waals surface area contributed by atoms with Crippen LogP contribution in [0.25, 0.3) is 6.08 Å². The summed E-state index contributed by atoms with van der Waals surface area (Å²) in [7, 11) is 2.29. The van der Waals surface area contributed by atoms with Crippen LogP contribution in [0.1, 0.15) is 17.2 Å². The molecule has 0 amide bonds. The van der Waals surface area contributed by atoms with Crippen molar-refractivity contribution in [3.05, 3.63) is 77.9 Å². The lowest BCUT2D eigenvalue weighted by molar-refractivity contribution is 0.237. The van der Waals surface area contributed by atoms with Gasteiger partial charge in [-0.2, -0.15) is 0 Å². The van der Waals surface area contributed by atoms with Crippen LogP contribution in [-0.4, -0.2) is 43.0 Å². The molecule has 26 heavy (non-hydrogen) atoms. The minimum atomic E-state index is 0. The van der Waals surface area contributed by atoms with Crippen molar-refractivity contribution in [3.8, 4) is 0 Å². The van der Waals surface area contributed by atoms with Crippen molar-refractivity contribution in [1.29, 1.82) is 0 Å². The summed E-state index contributed by atoms with van der Waals surface area (Å²) in [5, 5.41) is 0. The molecule has 2 aliphatic rings. The van der Waals surface area contributed by atoms with Crippen LogP contribution in [0.4, 0.5) is 0 Å². The Labute approximate surface area is 169 Å². The summed E-state index contributed by atoms with van der Waals surface area (Å²) >= 11 is 0. The van der Waals surface area contributed by atoms with E-state index in [4.69, 9.17) is 0 Å². The van der Waals surface area contributed by atoms with E-state index in [0.29, 0.717) is 6.04 Å². The van der Waals surface area contributed by atoms with Crippen LogP contribution in [0.2, 0.25) is 0 Å². The van der Waals surface area contributed by atoms with Crippen LogP contribution in [0.3, 0.4) is 0 Å². The van der Waals surface area contributed by atoms with Crippen molar-refractivity contribution < 1.29 is 0 Å². The third-order valence-electron chi connectivity index (χ3n) is 5.58. The summed E-state index contributed by atoms with van der Waals surface area (Å²) < 4.78 is 0. The zero-order valence-corrected chi connectivity index (χ0v) is 16.8. The van der Waals surface area contributed by atoms with Gasteiger partial charge in [0.1, 0.15) is 0 Å². The molecule has 0 radical (unpaired) electrons. The van der Waals surface area contributed by atoms with Crippen LogP contribution in [0.5, 0.6) is 0 Å². The number of rotatable bonds is 4. The predicted molar refractivity (Wildman–Crippen MR) is 115 cm³/mol. The van der Waals surface area contributed by atoms with Crippen molar-refractivity contribution in [1.82, 2.24) is 9.80 Å². The van der Waals surface area contributed by atoms with Gasteiger partial charge in [0.25, 0.3) is 0 Å². The van der Waals surface area contributed by atoms with Gasteiger partial charge >= 0.3 is 0 Å². The van der Waals surface area contributed by atoms with Gasteiger partial charge in [-0.1, -0.05) is 72.8 Å². The van der Waals surface area contributed by atoms with Gasteiger partial charge in [-0.05, 0) is 30.0 Å². The van der Waals surface area contributed by atoms with Crippen LogP contribution in [0.15, 0.2) is 66.7 Å². The van der Waals surface area contributed by atoms with Crippen LogP contribution >= 0.6 is 24.8 Å². The fraction of sp³-hybridized carbons (Fsp3) is 0.364. The number of fused-ring (bicyclic) bond motifs is 1. The summed E-state index contributed by atoms with van der Waals surface area (Å²) in [5.41, 5.74) is 2.77.